The van der Waals surface area contributed by atoms with E-state index in [0.717, 1.165) is 12.8 Å². The first-order chi connectivity index (χ1) is 13.4. The van der Waals surface area contributed by atoms with E-state index in [-0.39, 0.29) is 23.2 Å². The summed E-state index contributed by atoms with van der Waals surface area (Å²) in [4.78, 5) is 38.2. The molecule has 0 spiro atoms. The number of benzene rings is 1. The van der Waals surface area contributed by atoms with Crippen LogP contribution >= 0.6 is 11.6 Å². The van der Waals surface area contributed by atoms with Crippen molar-refractivity contribution in [2.75, 3.05) is 23.4 Å². The molecule has 0 fully saturated rings. The van der Waals surface area contributed by atoms with Gasteiger partial charge in [-0.25, -0.2) is 4.79 Å². The number of carbonyl (C=O) groups excluding carboxylic acids is 3. The van der Waals surface area contributed by atoms with E-state index in [9.17, 15) is 14.4 Å². The lowest BCUT2D eigenvalue weighted by atomic mass is 10.2. The Bertz CT molecular complexity index is 925. The first kappa shape index (κ1) is 19.9. The van der Waals surface area contributed by atoms with E-state index in [4.69, 9.17) is 16.3 Å². The molecular weight excluding hydrogens is 384 g/mol. The van der Waals surface area contributed by atoms with Crippen molar-refractivity contribution in [1.82, 2.24) is 9.78 Å². The fraction of sp³-hybridized carbons (Fsp3) is 0.368. The van der Waals surface area contributed by atoms with E-state index in [1.165, 1.54) is 4.90 Å². The summed E-state index contributed by atoms with van der Waals surface area (Å²) in [7, 11) is 0. The number of ether oxygens (including phenoxy) is 1. The molecule has 0 saturated heterocycles. The molecule has 1 N–H and O–H groups in total. The molecule has 0 aliphatic carbocycles. The Morgan fingerprint density at radius 2 is 2.07 bits per heavy atom. The van der Waals surface area contributed by atoms with Crippen LogP contribution in [0.5, 0.6) is 0 Å². The first-order valence-corrected chi connectivity index (χ1v) is 9.39. The predicted molar refractivity (Wildman–Crippen MR) is 105 cm³/mol. The van der Waals surface area contributed by atoms with Crippen LogP contribution in [-0.2, 0) is 20.9 Å². The molecule has 3 rings (SSSR count). The molecule has 28 heavy (non-hydrogen) atoms. The van der Waals surface area contributed by atoms with Crippen molar-refractivity contribution in [1.29, 1.82) is 0 Å². The minimum Gasteiger partial charge on any atom is -0.452 e. The van der Waals surface area contributed by atoms with Crippen LogP contribution in [0.1, 0.15) is 35.8 Å². The topological polar surface area (TPSA) is 93.5 Å². The molecule has 1 aromatic carbocycles. The number of esters is 1. The number of halogens is 1. The normalized spacial score (nSPS) is 13.1. The highest BCUT2D eigenvalue weighted by Crippen LogP contribution is 2.29. The van der Waals surface area contributed by atoms with Gasteiger partial charge >= 0.3 is 5.97 Å². The maximum atomic E-state index is 12.6. The number of fused-ring (bicyclic) bond motifs is 1. The summed E-state index contributed by atoms with van der Waals surface area (Å²) < 4.78 is 6.73. The fourth-order valence-corrected chi connectivity index (χ4v) is 3.31. The van der Waals surface area contributed by atoms with Gasteiger partial charge in [0.05, 0.1) is 17.1 Å². The number of aromatic nitrogens is 2. The number of nitrogens with one attached hydrogen (secondary N) is 1. The van der Waals surface area contributed by atoms with E-state index in [2.05, 4.69) is 10.4 Å². The van der Waals surface area contributed by atoms with Gasteiger partial charge in [-0.15, -0.1) is 0 Å². The second kappa shape index (κ2) is 8.43. The van der Waals surface area contributed by atoms with Gasteiger partial charge in [-0.1, -0.05) is 37.1 Å². The van der Waals surface area contributed by atoms with Gasteiger partial charge in [0.2, 0.25) is 5.91 Å². The first-order valence-electron chi connectivity index (χ1n) is 9.01. The third-order valence-electron chi connectivity index (χ3n) is 4.39. The third-order valence-corrected chi connectivity index (χ3v) is 4.78. The molecule has 2 amide bonds. The summed E-state index contributed by atoms with van der Waals surface area (Å²) in [6.07, 6.45) is 1.85. The highest BCUT2D eigenvalue weighted by Gasteiger charge is 2.28. The number of nitrogens with zero attached hydrogens (tertiary/aromatic N) is 3. The Morgan fingerprint density at radius 3 is 2.82 bits per heavy atom. The Hall–Kier alpha value is -2.87. The summed E-state index contributed by atoms with van der Waals surface area (Å²) in [6, 6.07) is 6.93. The highest BCUT2D eigenvalue weighted by molar-refractivity contribution is 6.32. The van der Waals surface area contributed by atoms with Crippen molar-refractivity contribution in [3.8, 4) is 0 Å². The zero-order valence-corrected chi connectivity index (χ0v) is 16.5. The molecule has 2 aromatic rings. The number of unbranched alkanes of at least 4 members (excludes halogenated alkanes) is 1. The standard InChI is InChI=1S/C19H21ClN4O4/c1-3-4-9-24-18(20)17(12(2)22-24)19(27)28-11-16(26)23-10-15(25)21-13-7-5-6-8-14(13)23/h5-8H,3-4,9-11H2,1-2H3,(H,21,25). The molecular formula is C19H21ClN4O4. The monoisotopic (exact) mass is 404 g/mol. The fourth-order valence-electron chi connectivity index (χ4n) is 2.97. The summed E-state index contributed by atoms with van der Waals surface area (Å²) in [6.45, 7) is 3.67. The number of carbonyl (C=O) groups is 3. The molecule has 1 aliphatic rings. The largest absolute Gasteiger partial charge is 0.452 e. The Kier molecular flexibility index (Phi) is 5.99. The molecule has 0 bridgehead atoms. The van der Waals surface area contributed by atoms with Crippen molar-refractivity contribution in [2.45, 2.75) is 33.2 Å². The number of hydrogen-bond acceptors (Lipinski definition) is 5. The van der Waals surface area contributed by atoms with Gasteiger partial charge in [0, 0.05) is 6.54 Å². The summed E-state index contributed by atoms with van der Waals surface area (Å²) >= 11 is 6.26. The maximum Gasteiger partial charge on any atom is 0.343 e. The number of amides is 2. The number of hydrogen-bond donors (Lipinski definition) is 1. The molecule has 0 atom stereocenters. The average molecular weight is 405 g/mol. The zero-order chi connectivity index (χ0) is 20.3. The average Bonchev–Trinajstić information content (AvgIpc) is 2.96. The summed E-state index contributed by atoms with van der Waals surface area (Å²) in [5.41, 5.74) is 1.70. The van der Waals surface area contributed by atoms with Crippen LogP contribution < -0.4 is 10.2 Å². The molecule has 0 saturated carbocycles. The van der Waals surface area contributed by atoms with Gasteiger partial charge in [-0.2, -0.15) is 5.10 Å². The molecule has 1 aromatic heterocycles. The van der Waals surface area contributed by atoms with Crippen LogP contribution in [0.25, 0.3) is 0 Å². The molecule has 148 valence electrons. The van der Waals surface area contributed by atoms with Gasteiger partial charge in [-0.3, -0.25) is 19.2 Å². The van der Waals surface area contributed by atoms with Crippen molar-refractivity contribution >= 4 is 40.8 Å². The van der Waals surface area contributed by atoms with Gasteiger partial charge in [-0.05, 0) is 25.5 Å². The van der Waals surface area contributed by atoms with Gasteiger partial charge in [0.15, 0.2) is 6.61 Å². The Balaban J connectivity index is 1.69. The van der Waals surface area contributed by atoms with Crippen LogP contribution in [0.2, 0.25) is 5.15 Å². The van der Waals surface area contributed by atoms with Crippen LogP contribution in [0, 0.1) is 6.92 Å². The molecule has 9 heteroatoms. The lowest BCUT2D eigenvalue weighted by molar-refractivity contribution is -0.124. The Labute approximate surface area is 167 Å². The van der Waals surface area contributed by atoms with E-state index in [1.54, 1.807) is 35.9 Å². The number of rotatable bonds is 6. The van der Waals surface area contributed by atoms with Gasteiger partial charge < -0.3 is 10.1 Å². The maximum absolute atomic E-state index is 12.6. The van der Waals surface area contributed by atoms with Crippen molar-refractivity contribution < 1.29 is 19.1 Å². The number of aryl methyl sites for hydroxylation is 2. The Morgan fingerprint density at radius 1 is 1.32 bits per heavy atom. The van der Waals surface area contributed by atoms with E-state index < -0.39 is 18.5 Å². The molecule has 1 aliphatic heterocycles. The van der Waals surface area contributed by atoms with Gasteiger partial charge in [0.1, 0.15) is 17.3 Å². The number of anilines is 2. The van der Waals surface area contributed by atoms with Crippen LogP contribution in [0.15, 0.2) is 24.3 Å². The van der Waals surface area contributed by atoms with Crippen molar-refractivity contribution in [2.24, 2.45) is 0 Å². The van der Waals surface area contributed by atoms with Crippen LogP contribution in [0.4, 0.5) is 11.4 Å². The van der Waals surface area contributed by atoms with Crippen LogP contribution in [-0.4, -0.2) is 40.7 Å². The second-order valence-corrected chi connectivity index (χ2v) is 6.81. The van der Waals surface area contributed by atoms with E-state index >= 15 is 0 Å². The lowest BCUT2D eigenvalue weighted by Crippen LogP contribution is -2.44. The second-order valence-electron chi connectivity index (χ2n) is 6.45. The lowest BCUT2D eigenvalue weighted by Gasteiger charge is -2.28. The minimum absolute atomic E-state index is 0.137. The van der Waals surface area contributed by atoms with Crippen LogP contribution in [0.3, 0.4) is 0 Å². The van der Waals surface area contributed by atoms with E-state index in [1.807, 2.05) is 6.92 Å². The van der Waals surface area contributed by atoms with Gasteiger partial charge in [0.25, 0.3) is 5.91 Å². The smallest absolute Gasteiger partial charge is 0.343 e. The predicted octanol–water partition coefficient (Wildman–Crippen LogP) is 2.79. The highest BCUT2D eigenvalue weighted by atomic mass is 35.5. The molecule has 2 heterocycles. The van der Waals surface area contributed by atoms with Crippen molar-refractivity contribution in [3.63, 3.8) is 0 Å². The zero-order valence-electron chi connectivity index (χ0n) is 15.7. The molecule has 0 radical (unpaired) electrons. The summed E-state index contributed by atoms with van der Waals surface area (Å²) in [5.74, 6) is -1.52. The third kappa shape index (κ3) is 4.01. The molecule has 0 unspecified atom stereocenters. The number of para-hydroxylation sites is 2. The minimum atomic E-state index is -0.714. The van der Waals surface area contributed by atoms with Crippen molar-refractivity contribution in [3.05, 3.63) is 40.7 Å². The summed E-state index contributed by atoms with van der Waals surface area (Å²) in [5, 5.41) is 7.16. The quantitative estimate of drug-likeness (QED) is 0.747. The molecule has 8 nitrogen and oxygen atoms in total. The van der Waals surface area contributed by atoms with E-state index in [0.29, 0.717) is 23.6 Å². The SMILES string of the molecule is CCCCn1nc(C)c(C(=O)OCC(=O)N2CC(=O)Nc3ccccc32)c1Cl.